The molecule has 2 amide bonds. The van der Waals surface area contributed by atoms with E-state index in [9.17, 15) is 9.59 Å². The van der Waals surface area contributed by atoms with Gasteiger partial charge >= 0.3 is 0 Å². The molecule has 1 spiro atoms. The van der Waals surface area contributed by atoms with Crippen molar-refractivity contribution in [1.82, 2.24) is 10.2 Å². The molecule has 206 valence electrons. The standard InChI is InChI=1S/C31H38ClN5O2/c1-30(2,3)23-13-15-31(16-14-23)36-26(22-5-4-6-24(32)17-22)29(39)37(31)27(19-7-8-19)20-9-11-21(12-10-20)28(38)35-18-25(33)34/h4-6,9-12,17,19,23,27H,7-8,13-16,18H2,1-3H3,(H3,33,34)(H,35,38). The van der Waals surface area contributed by atoms with Gasteiger partial charge in [-0.25, -0.2) is 0 Å². The Balaban J connectivity index is 1.50. The average Bonchev–Trinajstić information content (AvgIpc) is 3.69. The van der Waals surface area contributed by atoms with E-state index in [2.05, 4.69) is 31.0 Å². The quantitative estimate of drug-likeness (QED) is 0.304. The Kier molecular flexibility index (Phi) is 7.31. The summed E-state index contributed by atoms with van der Waals surface area (Å²) >= 11 is 6.32. The largest absolute Gasteiger partial charge is 0.386 e. The third-order valence-corrected chi connectivity index (χ3v) is 8.83. The van der Waals surface area contributed by atoms with Gasteiger partial charge in [0.2, 0.25) is 0 Å². The maximum absolute atomic E-state index is 14.3. The molecule has 5 rings (SSSR count). The van der Waals surface area contributed by atoms with Crippen molar-refractivity contribution in [1.29, 1.82) is 5.41 Å². The van der Waals surface area contributed by atoms with Gasteiger partial charge < -0.3 is 16.0 Å². The normalized spacial score (nSPS) is 24.0. The van der Waals surface area contributed by atoms with E-state index < -0.39 is 5.66 Å². The van der Waals surface area contributed by atoms with Crippen molar-refractivity contribution in [2.24, 2.45) is 28.0 Å². The summed E-state index contributed by atoms with van der Waals surface area (Å²) in [7, 11) is 0. The van der Waals surface area contributed by atoms with Crippen molar-refractivity contribution < 1.29 is 9.59 Å². The fourth-order valence-electron chi connectivity index (χ4n) is 6.27. The first-order valence-corrected chi connectivity index (χ1v) is 14.3. The molecule has 8 heteroatoms. The Hall–Kier alpha value is -3.19. The van der Waals surface area contributed by atoms with Crippen molar-refractivity contribution in [2.75, 3.05) is 6.54 Å². The predicted molar refractivity (Wildman–Crippen MR) is 155 cm³/mol. The van der Waals surface area contributed by atoms with Gasteiger partial charge in [0, 0.05) is 16.1 Å². The van der Waals surface area contributed by atoms with Crippen LogP contribution in [-0.4, -0.2) is 40.5 Å². The number of amides is 2. The van der Waals surface area contributed by atoms with E-state index in [-0.39, 0.29) is 35.7 Å². The summed E-state index contributed by atoms with van der Waals surface area (Å²) in [6.45, 7) is 6.91. The lowest BCUT2D eigenvalue weighted by Gasteiger charge is -2.47. The number of hydrogen-bond acceptors (Lipinski definition) is 4. The molecule has 0 radical (unpaired) electrons. The van der Waals surface area contributed by atoms with E-state index in [1.165, 1.54) is 0 Å². The average molecular weight is 548 g/mol. The number of nitrogens with zero attached hydrogens (tertiary/aromatic N) is 2. The summed E-state index contributed by atoms with van der Waals surface area (Å²) in [5.41, 5.74) is 7.79. The molecular formula is C31H38ClN5O2. The molecular weight excluding hydrogens is 510 g/mol. The summed E-state index contributed by atoms with van der Waals surface area (Å²) < 4.78 is 0. The third-order valence-electron chi connectivity index (χ3n) is 8.60. The molecule has 4 N–H and O–H groups in total. The highest BCUT2D eigenvalue weighted by Gasteiger charge is 2.55. The van der Waals surface area contributed by atoms with Gasteiger partial charge in [0.15, 0.2) is 0 Å². The maximum Gasteiger partial charge on any atom is 0.275 e. The first-order valence-electron chi connectivity index (χ1n) is 13.9. The highest BCUT2D eigenvalue weighted by molar-refractivity contribution is 6.47. The minimum absolute atomic E-state index is 0.00919. The van der Waals surface area contributed by atoms with Crippen molar-refractivity contribution >= 4 is 35.0 Å². The van der Waals surface area contributed by atoms with Crippen LogP contribution in [0.1, 0.15) is 86.8 Å². The molecule has 3 aliphatic rings. The Morgan fingerprint density at radius 2 is 1.82 bits per heavy atom. The Labute approximate surface area is 235 Å². The lowest BCUT2D eigenvalue weighted by atomic mass is 9.69. The zero-order valence-corrected chi connectivity index (χ0v) is 23.7. The SMILES string of the molecule is CC(C)(C)C1CCC2(CC1)N=C(c1cccc(Cl)c1)C(=O)N2C(c1ccc(C(=O)NCC(=N)N)cc1)C1CC1. The summed E-state index contributed by atoms with van der Waals surface area (Å²) in [6, 6.07) is 14.8. The number of carbonyl (C=O) groups excluding carboxylic acids is 2. The second kappa shape index (κ2) is 10.4. The molecule has 0 aromatic heterocycles. The smallest absolute Gasteiger partial charge is 0.275 e. The summed E-state index contributed by atoms with van der Waals surface area (Å²) in [5.74, 6) is 0.533. The second-order valence-corrected chi connectivity index (χ2v) is 12.8. The molecule has 1 heterocycles. The van der Waals surface area contributed by atoms with Gasteiger partial charge in [-0.1, -0.05) is 56.6 Å². The van der Waals surface area contributed by atoms with Crippen LogP contribution in [-0.2, 0) is 4.79 Å². The molecule has 2 aliphatic carbocycles. The number of carbonyl (C=O) groups is 2. The second-order valence-electron chi connectivity index (χ2n) is 12.4. The Bertz CT molecular complexity index is 1300. The van der Waals surface area contributed by atoms with Crippen LogP contribution >= 0.6 is 11.6 Å². The van der Waals surface area contributed by atoms with Gasteiger partial charge in [-0.3, -0.25) is 20.0 Å². The fourth-order valence-corrected chi connectivity index (χ4v) is 6.46. The van der Waals surface area contributed by atoms with Crippen LogP contribution in [0.4, 0.5) is 0 Å². The fraction of sp³-hybridized carbons (Fsp3) is 0.484. The number of rotatable bonds is 7. The lowest BCUT2D eigenvalue weighted by Crippen LogP contribution is -2.52. The number of hydrogen-bond donors (Lipinski definition) is 3. The number of amidine groups is 1. The molecule has 1 unspecified atom stereocenters. The van der Waals surface area contributed by atoms with Crippen LogP contribution in [0.25, 0.3) is 0 Å². The van der Waals surface area contributed by atoms with E-state index in [1.54, 1.807) is 12.1 Å². The van der Waals surface area contributed by atoms with E-state index in [1.807, 2.05) is 36.4 Å². The molecule has 1 aliphatic heterocycles. The van der Waals surface area contributed by atoms with Gasteiger partial charge in [0.05, 0.1) is 12.6 Å². The van der Waals surface area contributed by atoms with Crippen molar-refractivity contribution in [2.45, 2.75) is 71.0 Å². The molecule has 0 bridgehead atoms. The summed E-state index contributed by atoms with van der Waals surface area (Å²) in [6.07, 6.45) is 5.82. The monoisotopic (exact) mass is 547 g/mol. The van der Waals surface area contributed by atoms with E-state index >= 15 is 0 Å². The van der Waals surface area contributed by atoms with Crippen LogP contribution in [0.2, 0.25) is 5.02 Å². The van der Waals surface area contributed by atoms with Gasteiger partial charge in [0.1, 0.15) is 17.2 Å². The van der Waals surface area contributed by atoms with Gasteiger partial charge in [-0.2, -0.15) is 0 Å². The van der Waals surface area contributed by atoms with Gasteiger partial charge in [0.25, 0.3) is 11.8 Å². The van der Waals surface area contributed by atoms with Gasteiger partial charge in [-0.15, -0.1) is 0 Å². The predicted octanol–water partition coefficient (Wildman–Crippen LogP) is 5.72. The van der Waals surface area contributed by atoms with Crippen LogP contribution < -0.4 is 11.1 Å². The highest BCUT2D eigenvalue weighted by Crippen LogP contribution is 2.54. The van der Waals surface area contributed by atoms with E-state index in [0.717, 1.165) is 49.7 Å². The van der Waals surface area contributed by atoms with Crippen LogP contribution in [0, 0.1) is 22.7 Å². The molecule has 39 heavy (non-hydrogen) atoms. The lowest BCUT2D eigenvalue weighted by molar-refractivity contribution is -0.134. The Morgan fingerprint density at radius 1 is 1.15 bits per heavy atom. The first-order chi connectivity index (χ1) is 18.5. The van der Waals surface area contributed by atoms with Crippen molar-refractivity contribution in [3.63, 3.8) is 0 Å². The molecule has 2 aromatic rings. The zero-order chi connectivity index (χ0) is 27.9. The molecule has 1 atom stereocenters. The maximum atomic E-state index is 14.3. The van der Waals surface area contributed by atoms with E-state index in [4.69, 9.17) is 27.7 Å². The van der Waals surface area contributed by atoms with Crippen LogP contribution in [0.15, 0.2) is 53.5 Å². The van der Waals surface area contributed by atoms with E-state index in [0.29, 0.717) is 28.1 Å². The number of aliphatic imine (C=N–C) groups is 1. The number of nitrogens with one attached hydrogen (secondary N) is 2. The number of nitrogens with two attached hydrogens (primary N) is 1. The molecule has 2 aromatic carbocycles. The summed E-state index contributed by atoms with van der Waals surface area (Å²) in [5, 5.41) is 10.6. The zero-order valence-electron chi connectivity index (χ0n) is 23.0. The molecule has 7 nitrogen and oxygen atoms in total. The minimum Gasteiger partial charge on any atom is -0.386 e. The van der Waals surface area contributed by atoms with Crippen LogP contribution in [0.5, 0.6) is 0 Å². The minimum atomic E-state index is -0.582. The number of benzene rings is 2. The van der Waals surface area contributed by atoms with Crippen molar-refractivity contribution in [3.8, 4) is 0 Å². The Morgan fingerprint density at radius 3 is 2.38 bits per heavy atom. The third kappa shape index (κ3) is 5.60. The summed E-state index contributed by atoms with van der Waals surface area (Å²) in [4.78, 5) is 34.1. The molecule has 2 saturated carbocycles. The topological polar surface area (TPSA) is 112 Å². The number of halogens is 1. The van der Waals surface area contributed by atoms with Crippen molar-refractivity contribution in [3.05, 3.63) is 70.2 Å². The van der Waals surface area contributed by atoms with Gasteiger partial charge in [-0.05, 0) is 85.6 Å². The highest BCUT2D eigenvalue weighted by atomic mass is 35.5. The van der Waals surface area contributed by atoms with Crippen LogP contribution in [0.3, 0.4) is 0 Å². The first kappa shape index (κ1) is 27.4. The molecule has 2 fully saturated rings. The molecule has 0 saturated heterocycles.